The van der Waals surface area contributed by atoms with Gasteiger partial charge in [0.05, 0.1) is 11.3 Å². The molecular weight excluding hydrogens is 268 g/mol. The SMILES string of the molecule is COC(C)(C)CNC(=O)N(C)CCCc1c(C)n[nH]c1C. The van der Waals surface area contributed by atoms with E-state index in [2.05, 4.69) is 15.5 Å². The van der Waals surface area contributed by atoms with Crippen LogP contribution in [0.2, 0.25) is 0 Å². The Hall–Kier alpha value is -1.56. The van der Waals surface area contributed by atoms with Gasteiger partial charge in [-0.15, -0.1) is 0 Å². The molecule has 120 valence electrons. The number of hydrogen-bond acceptors (Lipinski definition) is 3. The summed E-state index contributed by atoms with van der Waals surface area (Å²) in [5.74, 6) is 0. The van der Waals surface area contributed by atoms with E-state index in [9.17, 15) is 4.79 Å². The van der Waals surface area contributed by atoms with Gasteiger partial charge in [-0.3, -0.25) is 5.10 Å². The predicted molar refractivity (Wildman–Crippen MR) is 83.5 cm³/mol. The Labute approximate surface area is 127 Å². The maximum atomic E-state index is 12.0. The van der Waals surface area contributed by atoms with E-state index in [1.165, 1.54) is 5.56 Å². The van der Waals surface area contributed by atoms with Crippen molar-refractivity contribution in [2.75, 3.05) is 27.2 Å². The second-order valence-electron chi connectivity index (χ2n) is 6.06. The molecule has 0 radical (unpaired) electrons. The van der Waals surface area contributed by atoms with Crippen LogP contribution >= 0.6 is 0 Å². The van der Waals surface area contributed by atoms with Gasteiger partial charge >= 0.3 is 6.03 Å². The number of carbonyl (C=O) groups is 1. The molecule has 0 aliphatic rings. The minimum atomic E-state index is -0.346. The van der Waals surface area contributed by atoms with E-state index >= 15 is 0 Å². The standard InChI is InChI=1S/C15H28N4O2/c1-11-13(12(2)18-17-11)8-7-9-19(5)14(20)16-10-15(3,4)21-6/h7-10H2,1-6H3,(H,16,20)(H,17,18). The molecule has 2 N–H and O–H groups in total. The van der Waals surface area contributed by atoms with Crippen molar-refractivity contribution in [3.05, 3.63) is 17.0 Å². The van der Waals surface area contributed by atoms with Crippen LogP contribution in [0.15, 0.2) is 0 Å². The average Bonchev–Trinajstić information content (AvgIpc) is 2.76. The third-order valence-electron chi connectivity index (χ3n) is 3.77. The van der Waals surface area contributed by atoms with Gasteiger partial charge in [-0.1, -0.05) is 0 Å². The van der Waals surface area contributed by atoms with Crippen LogP contribution in [0.25, 0.3) is 0 Å². The van der Waals surface area contributed by atoms with Crippen molar-refractivity contribution in [3.8, 4) is 0 Å². The third kappa shape index (κ3) is 5.38. The summed E-state index contributed by atoms with van der Waals surface area (Å²) in [6.07, 6.45) is 1.84. The highest BCUT2D eigenvalue weighted by Gasteiger charge is 2.18. The minimum absolute atomic E-state index is 0.0687. The summed E-state index contributed by atoms with van der Waals surface area (Å²) in [4.78, 5) is 13.7. The third-order valence-corrected chi connectivity index (χ3v) is 3.77. The summed E-state index contributed by atoms with van der Waals surface area (Å²) >= 11 is 0. The summed E-state index contributed by atoms with van der Waals surface area (Å²) in [5, 5.41) is 10.1. The first-order valence-corrected chi connectivity index (χ1v) is 7.31. The van der Waals surface area contributed by atoms with Gasteiger partial charge in [0, 0.05) is 32.9 Å². The number of carbonyl (C=O) groups excluding carboxylic acids is 1. The molecule has 0 aromatic carbocycles. The molecule has 1 heterocycles. The Bertz CT molecular complexity index is 449. The summed E-state index contributed by atoms with van der Waals surface area (Å²) in [5.41, 5.74) is 3.06. The number of H-pyrrole nitrogens is 1. The molecule has 6 nitrogen and oxygen atoms in total. The van der Waals surface area contributed by atoms with Crippen LogP contribution < -0.4 is 5.32 Å². The fourth-order valence-corrected chi connectivity index (χ4v) is 2.03. The Morgan fingerprint density at radius 1 is 1.43 bits per heavy atom. The van der Waals surface area contributed by atoms with E-state index in [0.717, 1.165) is 24.2 Å². The predicted octanol–water partition coefficient (Wildman–Crippen LogP) is 2.03. The second kappa shape index (κ2) is 7.45. The number of nitrogens with one attached hydrogen (secondary N) is 2. The Morgan fingerprint density at radius 2 is 2.10 bits per heavy atom. The van der Waals surface area contributed by atoms with Crippen LogP contribution in [0.4, 0.5) is 4.79 Å². The fraction of sp³-hybridized carbons (Fsp3) is 0.733. The van der Waals surface area contributed by atoms with Crippen molar-refractivity contribution in [3.63, 3.8) is 0 Å². The van der Waals surface area contributed by atoms with Crippen molar-refractivity contribution in [1.29, 1.82) is 0 Å². The highest BCUT2D eigenvalue weighted by molar-refractivity contribution is 5.73. The molecule has 6 heteroatoms. The molecule has 1 rings (SSSR count). The molecule has 0 aliphatic carbocycles. The van der Waals surface area contributed by atoms with Crippen molar-refractivity contribution < 1.29 is 9.53 Å². The molecule has 2 amide bonds. The lowest BCUT2D eigenvalue weighted by atomic mass is 10.1. The van der Waals surface area contributed by atoms with Crippen LogP contribution in [-0.4, -0.2) is 54.0 Å². The molecule has 0 aliphatic heterocycles. The first-order valence-electron chi connectivity index (χ1n) is 7.31. The quantitative estimate of drug-likeness (QED) is 0.809. The number of amides is 2. The zero-order valence-electron chi connectivity index (χ0n) is 14.0. The molecule has 0 unspecified atom stereocenters. The minimum Gasteiger partial charge on any atom is -0.377 e. The highest BCUT2D eigenvalue weighted by Crippen LogP contribution is 2.12. The Morgan fingerprint density at radius 3 is 2.62 bits per heavy atom. The molecule has 0 saturated heterocycles. The summed E-state index contributed by atoms with van der Waals surface area (Å²) in [6.45, 7) is 9.12. The fourth-order valence-electron chi connectivity index (χ4n) is 2.03. The molecule has 1 aromatic heterocycles. The maximum Gasteiger partial charge on any atom is 0.317 e. The van der Waals surface area contributed by atoms with Gasteiger partial charge in [-0.25, -0.2) is 4.79 Å². The number of ether oxygens (including phenoxy) is 1. The molecule has 0 atom stereocenters. The normalized spacial score (nSPS) is 11.5. The lowest BCUT2D eigenvalue weighted by molar-refractivity contribution is 0.0245. The highest BCUT2D eigenvalue weighted by atomic mass is 16.5. The van der Waals surface area contributed by atoms with Crippen molar-refractivity contribution in [1.82, 2.24) is 20.4 Å². The second-order valence-corrected chi connectivity index (χ2v) is 6.06. The lowest BCUT2D eigenvalue weighted by Gasteiger charge is -2.25. The lowest BCUT2D eigenvalue weighted by Crippen LogP contribution is -2.45. The first kappa shape index (κ1) is 17.5. The summed E-state index contributed by atoms with van der Waals surface area (Å²) in [6, 6.07) is -0.0687. The summed E-state index contributed by atoms with van der Waals surface area (Å²) < 4.78 is 5.28. The zero-order valence-corrected chi connectivity index (χ0v) is 14.0. The van der Waals surface area contributed by atoms with E-state index < -0.39 is 0 Å². The average molecular weight is 296 g/mol. The number of aryl methyl sites for hydroxylation is 2. The van der Waals surface area contributed by atoms with Crippen molar-refractivity contribution >= 4 is 6.03 Å². The number of methoxy groups -OCH3 is 1. The van der Waals surface area contributed by atoms with Gasteiger partial charge in [-0.2, -0.15) is 5.10 Å². The number of rotatable bonds is 7. The van der Waals surface area contributed by atoms with Crippen molar-refractivity contribution in [2.45, 2.75) is 46.1 Å². The van der Waals surface area contributed by atoms with Gasteiger partial charge in [0.1, 0.15) is 0 Å². The molecule has 1 aromatic rings. The zero-order chi connectivity index (χ0) is 16.0. The molecule has 0 fully saturated rings. The van der Waals surface area contributed by atoms with Crippen molar-refractivity contribution in [2.24, 2.45) is 0 Å². The monoisotopic (exact) mass is 296 g/mol. The van der Waals surface area contributed by atoms with E-state index in [1.807, 2.05) is 34.7 Å². The van der Waals surface area contributed by atoms with Crippen LogP contribution in [-0.2, 0) is 11.2 Å². The van der Waals surface area contributed by atoms with E-state index in [4.69, 9.17) is 4.74 Å². The van der Waals surface area contributed by atoms with Gasteiger partial charge in [0.25, 0.3) is 0 Å². The van der Waals surface area contributed by atoms with Gasteiger partial charge in [0.15, 0.2) is 0 Å². The summed E-state index contributed by atoms with van der Waals surface area (Å²) in [7, 11) is 3.45. The van der Waals surface area contributed by atoms with Gasteiger partial charge in [-0.05, 0) is 46.1 Å². The van der Waals surface area contributed by atoms with Crippen LogP contribution in [0.1, 0.15) is 37.2 Å². The van der Waals surface area contributed by atoms with Crippen LogP contribution in [0, 0.1) is 13.8 Å². The smallest absolute Gasteiger partial charge is 0.317 e. The number of hydrogen-bond donors (Lipinski definition) is 2. The van der Waals surface area contributed by atoms with Gasteiger partial charge in [0.2, 0.25) is 0 Å². The van der Waals surface area contributed by atoms with E-state index in [0.29, 0.717) is 13.1 Å². The van der Waals surface area contributed by atoms with Crippen LogP contribution in [0.3, 0.4) is 0 Å². The van der Waals surface area contributed by atoms with E-state index in [1.54, 1.807) is 12.0 Å². The molecular formula is C15H28N4O2. The van der Waals surface area contributed by atoms with Crippen LogP contribution in [0.5, 0.6) is 0 Å². The molecule has 21 heavy (non-hydrogen) atoms. The van der Waals surface area contributed by atoms with Gasteiger partial charge < -0.3 is 15.0 Å². The number of urea groups is 1. The Balaban J connectivity index is 2.33. The Kier molecular flexibility index (Phi) is 6.20. The molecule has 0 spiro atoms. The number of aromatic nitrogens is 2. The molecule has 0 bridgehead atoms. The number of aromatic amines is 1. The molecule has 0 saturated carbocycles. The first-order chi connectivity index (χ1) is 9.76. The maximum absolute atomic E-state index is 12.0. The van der Waals surface area contributed by atoms with E-state index in [-0.39, 0.29) is 11.6 Å². The number of nitrogens with zero attached hydrogens (tertiary/aromatic N) is 2. The topological polar surface area (TPSA) is 70.2 Å². The largest absolute Gasteiger partial charge is 0.377 e.